The van der Waals surface area contributed by atoms with Gasteiger partial charge in [0, 0.05) is 37.7 Å². The lowest BCUT2D eigenvalue weighted by molar-refractivity contribution is -0.132. The molecule has 0 spiro atoms. The molecule has 2 amide bonds. The van der Waals surface area contributed by atoms with E-state index in [1.807, 2.05) is 50.8 Å². The molecule has 0 saturated carbocycles. The third-order valence-corrected chi connectivity index (χ3v) is 6.83. The summed E-state index contributed by atoms with van der Waals surface area (Å²) >= 11 is 0. The van der Waals surface area contributed by atoms with E-state index in [0.29, 0.717) is 13.0 Å². The van der Waals surface area contributed by atoms with Gasteiger partial charge in [-0.3, -0.25) is 9.59 Å². The molecule has 0 aliphatic carbocycles. The van der Waals surface area contributed by atoms with E-state index in [4.69, 9.17) is 4.98 Å². The number of anilines is 1. The molecule has 3 aromatic rings. The number of piperidine rings is 1. The molecule has 1 aromatic heterocycles. The van der Waals surface area contributed by atoms with Crippen molar-refractivity contribution >= 4 is 28.5 Å². The van der Waals surface area contributed by atoms with E-state index < -0.39 is 0 Å². The van der Waals surface area contributed by atoms with Crippen LogP contribution in [0.3, 0.4) is 0 Å². The maximum atomic E-state index is 13.1. The van der Waals surface area contributed by atoms with Gasteiger partial charge in [-0.05, 0) is 55.5 Å². The van der Waals surface area contributed by atoms with Crippen LogP contribution < -0.4 is 4.90 Å². The number of hydrogen-bond donors (Lipinski definition) is 0. The lowest BCUT2D eigenvalue weighted by Crippen LogP contribution is -2.38. The molecule has 6 heteroatoms. The average Bonchev–Trinajstić information content (AvgIpc) is 3.40. The summed E-state index contributed by atoms with van der Waals surface area (Å²) in [5.41, 5.74) is 4.04. The molecule has 2 fully saturated rings. The highest BCUT2D eigenvalue weighted by Gasteiger charge is 2.35. The first-order chi connectivity index (χ1) is 15.6. The van der Waals surface area contributed by atoms with Crippen molar-refractivity contribution in [2.45, 2.75) is 51.5 Å². The topological polar surface area (TPSA) is 58.4 Å². The molecule has 2 saturated heterocycles. The van der Waals surface area contributed by atoms with Crippen molar-refractivity contribution in [3.05, 3.63) is 59.9 Å². The predicted octanol–water partition coefficient (Wildman–Crippen LogP) is 4.13. The van der Waals surface area contributed by atoms with Gasteiger partial charge in [-0.15, -0.1) is 0 Å². The standard InChI is InChI=1S/C26H30N4O2/c1-2-19-10-12-21(13-11-19)29-17-20(16-24(29)31)26-27-22-8-4-5-9-23(22)30(26)18-25(32)28-14-6-3-7-15-28/h4-5,8-13,20H,2-3,6-7,14-18H2,1H3. The summed E-state index contributed by atoms with van der Waals surface area (Å²) in [7, 11) is 0. The van der Waals surface area contributed by atoms with Gasteiger partial charge >= 0.3 is 0 Å². The van der Waals surface area contributed by atoms with Crippen LogP contribution in [0.25, 0.3) is 11.0 Å². The Bertz CT molecular complexity index is 1130. The van der Waals surface area contributed by atoms with Crippen LogP contribution in [-0.4, -0.2) is 45.9 Å². The fourth-order valence-corrected chi connectivity index (χ4v) is 4.99. The number of rotatable bonds is 5. The number of aromatic nitrogens is 2. The zero-order valence-electron chi connectivity index (χ0n) is 18.7. The van der Waals surface area contributed by atoms with Crippen LogP contribution in [-0.2, 0) is 22.6 Å². The number of likely N-dealkylation sites (tertiary alicyclic amines) is 1. The molecule has 5 rings (SSSR count). The van der Waals surface area contributed by atoms with Crippen LogP contribution >= 0.6 is 0 Å². The number of fused-ring (bicyclic) bond motifs is 1. The second kappa shape index (κ2) is 8.77. The van der Waals surface area contributed by atoms with Crippen LogP contribution in [0.4, 0.5) is 5.69 Å². The molecule has 6 nitrogen and oxygen atoms in total. The van der Waals surface area contributed by atoms with Crippen LogP contribution in [0, 0.1) is 0 Å². The number of benzene rings is 2. The van der Waals surface area contributed by atoms with Gasteiger partial charge in [-0.25, -0.2) is 4.98 Å². The maximum Gasteiger partial charge on any atom is 0.242 e. The number of nitrogens with zero attached hydrogens (tertiary/aromatic N) is 4. The predicted molar refractivity (Wildman–Crippen MR) is 126 cm³/mol. The number of aryl methyl sites for hydroxylation is 1. The van der Waals surface area contributed by atoms with E-state index >= 15 is 0 Å². The summed E-state index contributed by atoms with van der Waals surface area (Å²) in [6.07, 6.45) is 4.74. The molecular formula is C26H30N4O2. The maximum absolute atomic E-state index is 13.1. The summed E-state index contributed by atoms with van der Waals surface area (Å²) in [4.78, 5) is 34.7. The highest BCUT2D eigenvalue weighted by atomic mass is 16.2. The summed E-state index contributed by atoms with van der Waals surface area (Å²) < 4.78 is 2.05. The minimum atomic E-state index is -0.0325. The summed E-state index contributed by atoms with van der Waals surface area (Å²) in [6.45, 7) is 4.67. The van der Waals surface area contributed by atoms with Crippen molar-refractivity contribution in [2.75, 3.05) is 24.5 Å². The van der Waals surface area contributed by atoms with Crippen molar-refractivity contribution < 1.29 is 9.59 Å². The Kier molecular flexibility index (Phi) is 5.68. The average molecular weight is 431 g/mol. The summed E-state index contributed by atoms with van der Waals surface area (Å²) in [6, 6.07) is 16.2. The third kappa shape index (κ3) is 3.90. The first kappa shape index (κ1) is 20.7. The Labute approximate surface area is 188 Å². The monoisotopic (exact) mass is 430 g/mol. The lowest BCUT2D eigenvalue weighted by Gasteiger charge is -2.27. The zero-order chi connectivity index (χ0) is 22.1. The second-order valence-corrected chi connectivity index (χ2v) is 8.91. The molecule has 0 bridgehead atoms. The Balaban J connectivity index is 1.43. The Morgan fingerprint density at radius 1 is 1.03 bits per heavy atom. The van der Waals surface area contributed by atoms with Gasteiger partial charge in [0.25, 0.3) is 0 Å². The Morgan fingerprint density at radius 2 is 1.78 bits per heavy atom. The van der Waals surface area contributed by atoms with Crippen LogP contribution in [0.2, 0.25) is 0 Å². The van der Waals surface area contributed by atoms with Crippen molar-refractivity contribution in [3.63, 3.8) is 0 Å². The molecular weight excluding hydrogens is 400 g/mol. The number of hydrogen-bond acceptors (Lipinski definition) is 3. The fraction of sp³-hybridized carbons (Fsp3) is 0.423. The van der Waals surface area contributed by atoms with Crippen molar-refractivity contribution in [3.8, 4) is 0 Å². The van der Waals surface area contributed by atoms with Crippen molar-refractivity contribution in [1.82, 2.24) is 14.5 Å². The van der Waals surface area contributed by atoms with Gasteiger partial charge in [0.1, 0.15) is 12.4 Å². The molecule has 2 aliphatic rings. The number of imidazole rings is 1. The van der Waals surface area contributed by atoms with E-state index in [0.717, 1.165) is 54.9 Å². The molecule has 32 heavy (non-hydrogen) atoms. The van der Waals surface area contributed by atoms with Gasteiger partial charge in [0.2, 0.25) is 11.8 Å². The number of carbonyl (C=O) groups excluding carboxylic acids is 2. The largest absolute Gasteiger partial charge is 0.341 e. The second-order valence-electron chi connectivity index (χ2n) is 8.91. The van der Waals surface area contributed by atoms with E-state index in [2.05, 4.69) is 19.1 Å². The number of para-hydroxylation sites is 2. The highest BCUT2D eigenvalue weighted by molar-refractivity contribution is 5.96. The van der Waals surface area contributed by atoms with E-state index in [9.17, 15) is 9.59 Å². The molecule has 0 radical (unpaired) electrons. The minimum absolute atomic E-state index is 0.0325. The van der Waals surface area contributed by atoms with Crippen molar-refractivity contribution in [2.24, 2.45) is 0 Å². The molecule has 166 valence electrons. The number of amides is 2. The number of carbonyl (C=O) groups is 2. The molecule has 2 aromatic carbocycles. The quantitative estimate of drug-likeness (QED) is 0.612. The fourth-order valence-electron chi connectivity index (χ4n) is 4.99. The zero-order valence-corrected chi connectivity index (χ0v) is 18.7. The molecule has 0 N–H and O–H groups in total. The van der Waals surface area contributed by atoms with Gasteiger partial charge in [-0.1, -0.05) is 31.2 Å². The Morgan fingerprint density at radius 3 is 2.53 bits per heavy atom. The van der Waals surface area contributed by atoms with E-state index in [1.54, 1.807) is 0 Å². The summed E-state index contributed by atoms with van der Waals surface area (Å²) in [5, 5.41) is 0. The van der Waals surface area contributed by atoms with Gasteiger partial charge in [-0.2, -0.15) is 0 Å². The third-order valence-electron chi connectivity index (χ3n) is 6.83. The van der Waals surface area contributed by atoms with Crippen LogP contribution in [0.1, 0.15) is 49.9 Å². The smallest absolute Gasteiger partial charge is 0.242 e. The van der Waals surface area contributed by atoms with Crippen LogP contribution in [0.5, 0.6) is 0 Å². The van der Waals surface area contributed by atoms with E-state index in [1.165, 1.54) is 12.0 Å². The lowest BCUT2D eigenvalue weighted by atomic mass is 10.1. The Hall–Kier alpha value is -3.15. The first-order valence-electron chi connectivity index (χ1n) is 11.8. The molecule has 1 unspecified atom stereocenters. The van der Waals surface area contributed by atoms with Gasteiger partial charge in [0.05, 0.1) is 11.0 Å². The van der Waals surface area contributed by atoms with Gasteiger partial charge < -0.3 is 14.4 Å². The molecule has 2 aliphatic heterocycles. The first-order valence-corrected chi connectivity index (χ1v) is 11.8. The highest BCUT2D eigenvalue weighted by Crippen LogP contribution is 2.33. The van der Waals surface area contributed by atoms with E-state index in [-0.39, 0.29) is 24.3 Å². The van der Waals surface area contributed by atoms with Crippen molar-refractivity contribution in [1.29, 1.82) is 0 Å². The minimum Gasteiger partial charge on any atom is -0.341 e. The van der Waals surface area contributed by atoms with Gasteiger partial charge in [0.15, 0.2) is 0 Å². The summed E-state index contributed by atoms with van der Waals surface area (Å²) in [5.74, 6) is 1.07. The SMILES string of the molecule is CCc1ccc(N2CC(c3nc4ccccc4n3CC(=O)N3CCCCC3)CC2=O)cc1. The van der Waals surface area contributed by atoms with Crippen LogP contribution in [0.15, 0.2) is 48.5 Å². The molecule has 3 heterocycles. The molecule has 1 atom stereocenters. The normalized spacial score (nSPS) is 19.2.